The number of ether oxygens (including phenoxy) is 1. The van der Waals surface area contributed by atoms with E-state index in [1.54, 1.807) is 13.3 Å². The Hall–Kier alpha value is -1.66. The molecule has 0 amide bonds. The highest BCUT2D eigenvalue weighted by Gasteiger charge is 2.25. The molecule has 3 rings (SSSR count). The fourth-order valence-electron chi connectivity index (χ4n) is 3.20. The molecule has 2 aromatic heterocycles. The molecule has 0 saturated heterocycles. The van der Waals surface area contributed by atoms with Crippen LogP contribution in [0, 0.1) is 0 Å². The third-order valence-electron chi connectivity index (χ3n) is 4.49. The lowest BCUT2D eigenvalue weighted by Gasteiger charge is -2.17. The highest BCUT2D eigenvalue weighted by molar-refractivity contribution is 5.50. The summed E-state index contributed by atoms with van der Waals surface area (Å²) in [7, 11) is 1.74. The first-order valence-corrected chi connectivity index (χ1v) is 8.51. The largest absolute Gasteiger partial charge is 0.383 e. The van der Waals surface area contributed by atoms with Crippen molar-refractivity contribution in [3.05, 3.63) is 24.0 Å². The lowest BCUT2D eigenvalue weighted by atomic mass is 10.1. The summed E-state index contributed by atoms with van der Waals surface area (Å²) >= 11 is 0. The Morgan fingerprint density at radius 1 is 1.35 bits per heavy atom. The third-order valence-corrected chi connectivity index (χ3v) is 4.49. The van der Waals surface area contributed by atoms with E-state index in [1.165, 1.54) is 12.8 Å². The summed E-state index contributed by atoms with van der Waals surface area (Å²) in [4.78, 5) is 4.67. The lowest BCUT2D eigenvalue weighted by Crippen LogP contribution is -2.31. The second kappa shape index (κ2) is 7.27. The van der Waals surface area contributed by atoms with Gasteiger partial charge in [-0.3, -0.25) is 0 Å². The lowest BCUT2D eigenvalue weighted by molar-refractivity contribution is 0.195. The van der Waals surface area contributed by atoms with Crippen LogP contribution in [-0.4, -0.2) is 46.9 Å². The summed E-state index contributed by atoms with van der Waals surface area (Å²) in [6, 6.07) is 5.14. The molecule has 0 bridgehead atoms. The average molecular weight is 317 g/mol. The first-order chi connectivity index (χ1) is 11.2. The number of hydrogen-bond donors (Lipinski definition) is 2. The molecule has 6 nitrogen and oxygen atoms in total. The number of anilines is 1. The number of nitrogens with zero attached hydrogens (tertiary/aromatic N) is 3. The zero-order valence-electron chi connectivity index (χ0n) is 14.2. The molecule has 0 aliphatic heterocycles. The molecular formula is C17H27N5O. The number of hydrogen-bond acceptors (Lipinski definition) is 5. The van der Waals surface area contributed by atoms with E-state index >= 15 is 0 Å². The van der Waals surface area contributed by atoms with Crippen molar-refractivity contribution in [2.75, 3.05) is 25.6 Å². The van der Waals surface area contributed by atoms with Crippen LogP contribution in [0.1, 0.15) is 44.7 Å². The molecule has 2 atom stereocenters. The standard InChI is InChI=1S/C17H27N5O/c1-12(2)15-11-17(22-16(21-15)6-7-19-22)20-14-5-4-13(10-14)18-8-9-23-3/h6-7,11-14,18,20H,4-5,8-10H2,1-3H3/t13-,14-/m1/s1. The van der Waals surface area contributed by atoms with Crippen molar-refractivity contribution in [1.82, 2.24) is 19.9 Å². The predicted molar refractivity (Wildman–Crippen MR) is 92.0 cm³/mol. The summed E-state index contributed by atoms with van der Waals surface area (Å²) in [5.41, 5.74) is 2.01. The van der Waals surface area contributed by atoms with E-state index in [9.17, 15) is 0 Å². The average Bonchev–Trinajstić information content (AvgIpc) is 3.16. The van der Waals surface area contributed by atoms with Gasteiger partial charge in [0, 0.05) is 43.6 Å². The van der Waals surface area contributed by atoms with Gasteiger partial charge in [0.2, 0.25) is 0 Å². The Bertz CT molecular complexity index is 639. The van der Waals surface area contributed by atoms with Crippen LogP contribution in [-0.2, 0) is 4.74 Å². The van der Waals surface area contributed by atoms with Crippen LogP contribution in [0.3, 0.4) is 0 Å². The van der Waals surface area contributed by atoms with Crippen molar-refractivity contribution in [2.24, 2.45) is 0 Å². The number of methoxy groups -OCH3 is 1. The zero-order valence-corrected chi connectivity index (χ0v) is 14.2. The van der Waals surface area contributed by atoms with Crippen LogP contribution in [0.5, 0.6) is 0 Å². The van der Waals surface area contributed by atoms with E-state index in [4.69, 9.17) is 4.74 Å². The highest BCUT2D eigenvalue weighted by Crippen LogP contribution is 2.25. The van der Waals surface area contributed by atoms with Gasteiger partial charge in [-0.15, -0.1) is 0 Å². The van der Waals surface area contributed by atoms with E-state index < -0.39 is 0 Å². The first kappa shape index (κ1) is 16.2. The van der Waals surface area contributed by atoms with Crippen molar-refractivity contribution in [3.8, 4) is 0 Å². The zero-order chi connectivity index (χ0) is 16.2. The van der Waals surface area contributed by atoms with Gasteiger partial charge < -0.3 is 15.4 Å². The van der Waals surface area contributed by atoms with Gasteiger partial charge in [0.1, 0.15) is 5.82 Å². The molecule has 1 saturated carbocycles. The van der Waals surface area contributed by atoms with Gasteiger partial charge in [0.05, 0.1) is 12.8 Å². The Balaban J connectivity index is 1.68. The van der Waals surface area contributed by atoms with E-state index in [0.29, 0.717) is 18.0 Å². The fourth-order valence-corrected chi connectivity index (χ4v) is 3.20. The number of rotatable bonds is 7. The summed E-state index contributed by atoms with van der Waals surface area (Å²) in [6.07, 6.45) is 5.31. The molecular weight excluding hydrogens is 290 g/mol. The molecule has 0 spiro atoms. The van der Waals surface area contributed by atoms with Crippen LogP contribution in [0.2, 0.25) is 0 Å². The maximum atomic E-state index is 5.10. The van der Waals surface area contributed by atoms with Gasteiger partial charge in [0.25, 0.3) is 0 Å². The van der Waals surface area contributed by atoms with Crippen LogP contribution in [0.4, 0.5) is 5.82 Å². The third kappa shape index (κ3) is 3.82. The van der Waals surface area contributed by atoms with Crippen LogP contribution in [0.15, 0.2) is 18.3 Å². The van der Waals surface area contributed by atoms with E-state index in [2.05, 4.69) is 40.6 Å². The first-order valence-electron chi connectivity index (χ1n) is 8.51. The van der Waals surface area contributed by atoms with Gasteiger partial charge >= 0.3 is 0 Å². The van der Waals surface area contributed by atoms with E-state index in [-0.39, 0.29) is 0 Å². The second-order valence-electron chi connectivity index (χ2n) is 6.62. The number of fused-ring (bicyclic) bond motifs is 1. The van der Waals surface area contributed by atoms with Gasteiger partial charge in [-0.25, -0.2) is 4.98 Å². The topological polar surface area (TPSA) is 63.5 Å². The molecule has 1 fully saturated rings. The maximum absolute atomic E-state index is 5.10. The summed E-state index contributed by atoms with van der Waals surface area (Å²) in [5, 5.41) is 11.6. The molecule has 6 heteroatoms. The van der Waals surface area contributed by atoms with Gasteiger partial charge in [-0.1, -0.05) is 13.8 Å². The molecule has 0 radical (unpaired) electrons. The highest BCUT2D eigenvalue weighted by atomic mass is 16.5. The number of aromatic nitrogens is 3. The predicted octanol–water partition coefficient (Wildman–Crippen LogP) is 2.42. The Morgan fingerprint density at radius 2 is 2.17 bits per heavy atom. The number of nitrogens with one attached hydrogen (secondary N) is 2. The molecule has 1 aliphatic rings. The van der Waals surface area contributed by atoms with Crippen molar-refractivity contribution < 1.29 is 4.74 Å². The van der Waals surface area contributed by atoms with Gasteiger partial charge in [0.15, 0.2) is 5.65 Å². The van der Waals surface area contributed by atoms with Crippen molar-refractivity contribution >= 4 is 11.5 Å². The Morgan fingerprint density at radius 3 is 2.96 bits per heavy atom. The minimum absolute atomic E-state index is 0.405. The summed E-state index contributed by atoms with van der Waals surface area (Å²) in [6.45, 7) is 6.03. The van der Waals surface area contributed by atoms with Gasteiger partial charge in [-0.2, -0.15) is 9.61 Å². The molecule has 2 heterocycles. The summed E-state index contributed by atoms with van der Waals surface area (Å²) < 4.78 is 7.00. The quantitative estimate of drug-likeness (QED) is 0.768. The molecule has 0 aromatic carbocycles. The Labute approximate surface area is 137 Å². The molecule has 0 unspecified atom stereocenters. The SMILES string of the molecule is COCCN[C@@H]1CC[C@@H](Nc2cc(C(C)C)nc3ccnn23)C1. The monoisotopic (exact) mass is 317 g/mol. The summed E-state index contributed by atoms with van der Waals surface area (Å²) in [5.74, 6) is 1.45. The van der Waals surface area contributed by atoms with Crippen LogP contribution >= 0.6 is 0 Å². The molecule has 1 aliphatic carbocycles. The van der Waals surface area contributed by atoms with Crippen molar-refractivity contribution in [2.45, 2.75) is 51.1 Å². The molecule has 23 heavy (non-hydrogen) atoms. The maximum Gasteiger partial charge on any atom is 0.157 e. The second-order valence-corrected chi connectivity index (χ2v) is 6.62. The molecule has 126 valence electrons. The fraction of sp³-hybridized carbons (Fsp3) is 0.647. The minimum atomic E-state index is 0.405. The Kier molecular flexibility index (Phi) is 5.13. The normalized spacial score (nSPS) is 21.4. The van der Waals surface area contributed by atoms with Crippen molar-refractivity contribution in [1.29, 1.82) is 0 Å². The van der Waals surface area contributed by atoms with Crippen molar-refractivity contribution in [3.63, 3.8) is 0 Å². The smallest absolute Gasteiger partial charge is 0.157 e. The van der Waals surface area contributed by atoms with Crippen LogP contribution in [0.25, 0.3) is 5.65 Å². The van der Waals surface area contributed by atoms with E-state index in [1.807, 2.05) is 10.6 Å². The van der Waals surface area contributed by atoms with E-state index in [0.717, 1.165) is 36.7 Å². The van der Waals surface area contributed by atoms with Gasteiger partial charge in [-0.05, 0) is 25.2 Å². The molecule has 2 N–H and O–H groups in total. The van der Waals surface area contributed by atoms with Crippen LogP contribution < -0.4 is 10.6 Å². The minimum Gasteiger partial charge on any atom is -0.383 e. The molecule has 2 aromatic rings.